The van der Waals surface area contributed by atoms with Gasteiger partial charge in [-0.25, -0.2) is 0 Å². The number of amides is 2. The van der Waals surface area contributed by atoms with Crippen LogP contribution in [0.15, 0.2) is 59.8 Å². The third-order valence-corrected chi connectivity index (χ3v) is 5.72. The average molecular weight is 437 g/mol. The molecule has 1 fully saturated rings. The zero-order valence-electron chi connectivity index (χ0n) is 15.9. The Hall–Kier alpha value is -3.30. The molecule has 0 atom stereocenters. The number of rotatable bonds is 5. The van der Waals surface area contributed by atoms with E-state index in [1.165, 1.54) is 16.7 Å². The fourth-order valence-corrected chi connectivity index (χ4v) is 4.13. The quantitative estimate of drug-likeness (QED) is 0.484. The molecule has 2 amide bonds. The second kappa shape index (κ2) is 8.60. The van der Waals surface area contributed by atoms with Crippen molar-refractivity contribution in [2.24, 2.45) is 0 Å². The minimum atomic E-state index is -0.347. The Kier molecular flexibility index (Phi) is 5.73. The van der Waals surface area contributed by atoms with E-state index in [-0.39, 0.29) is 18.4 Å². The van der Waals surface area contributed by atoms with Crippen LogP contribution in [0.25, 0.3) is 17.1 Å². The van der Waals surface area contributed by atoms with Gasteiger partial charge in [0.05, 0.1) is 23.0 Å². The van der Waals surface area contributed by atoms with Gasteiger partial charge < -0.3 is 10.1 Å². The predicted molar refractivity (Wildman–Crippen MR) is 121 cm³/mol. The summed E-state index contributed by atoms with van der Waals surface area (Å²) in [6.45, 7) is -0.164. The van der Waals surface area contributed by atoms with E-state index >= 15 is 0 Å². The Morgan fingerprint density at radius 1 is 1.17 bits per heavy atom. The minimum absolute atomic E-state index is 0.164. The lowest BCUT2D eigenvalue weighted by molar-refractivity contribution is -0.126. The Balaban J connectivity index is 1.44. The molecule has 2 aromatic carbocycles. The van der Waals surface area contributed by atoms with Gasteiger partial charge in [0.1, 0.15) is 16.6 Å². The first kappa shape index (κ1) is 20.0. The van der Waals surface area contributed by atoms with Crippen LogP contribution in [-0.2, 0) is 9.59 Å². The number of carbonyl (C=O) groups excluding carboxylic acids is 2. The molecule has 1 aliphatic rings. The molecule has 9 heteroatoms. The summed E-state index contributed by atoms with van der Waals surface area (Å²) in [5.74, 6) is 0.0941. The van der Waals surface area contributed by atoms with Crippen LogP contribution >= 0.6 is 24.0 Å². The molecule has 1 aliphatic heterocycles. The van der Waals surface area contributed by atoms with Crippen LogP contribution in [0.3, 0.4) is 0 Å². The van der Waals surface area contributed by atoms with E-state index in [0.29, 0.717) is 20.4 Å². The summed E-state index contributed by atoms with van der Waals surface area (Å²) in [6, 6.07) is 12.6. The van der Waals surface area contributed by atoms with Crippen molar-refractivity contribution in [2.45, 2.75) is 0 Å². The molecule has 0 unspecified atom stereocenters. The van der Waals surface area contributed by atoms with E-state index < -0.39 is 0 Å². The van der Waals surface area contributed by atoms with Crippen LogP contribution < -0.4 is 10.1 Å². The monoisotopic (exact) mass is 436 g/mol. The summed E-state index contributed by atoms with van der Waals surface area (Å²) < 4.78 is 5.48. The molecule has 3 aromatic rings. The van der Waals surface area contributed by atoms with Crippen molar-refractivity contribution in [3.05, 3.63) is 65.3 Å². The summed E-state index contributed by atoms with van der Waals surface area (Å²) in [7, 11) is 1.59. The summed E-state index contributed by atoms with van der Waals surface area (Å²) in [6.07, 6.45) is 4.94. The Morgan fingerprint density at radius 3 is 2.63 bits per heavy atom. The van der Waals surface area contributed by atoms with Crippen LogP contribution in [0.2, 0.25) is 0 Å². The Morgan fingerprint density at radius 2 is 1.90 bits per heavy atom. The SMILES string of the molecule is COc1ccc(C=C2SC(=S)N(CC(=O)Nc3ccc4nccnc4c3)C2=O)cc1. The van der Waals surface area contributed by atoms with Crippen molar-refractivity contribution in [3.63, 3.8) is 0 Å². The molecule has 0 radical (unpaired) electrons. The maximum absolute atomic E-state index is 12.7. The standard InChI is InChI=1S/C21H16N4O3S2/c1-28-15-5-2-13(3-6-15)10-18-20(27)25(21(29)30-18)12-19(26)24-14-4-7-16-17(11-14)23-9-8-22-16/h2-11H,12H2,1H3,(H,24,26). The molecule has 0 aliphatic carbocycles. The number of benzene rings is 2. The van der Waals surface area contributed by atoms with Crippen molar-refractivity contribution in [1.82, 2.24) is 14.9 Å². The number of anilines is 1. The largest absolute Gasteiger partial charge is 0.497 e. The van der Waals surface area contributed by atoms with Gasteiger partial charge in [-0.1, -0.05) is 36.1 Å². The first-order valence-corrected chi connectivity index (χ1v) is 10.2. The highest BCUT2D eigenvalue weighted by Crippen LogP contribution is 2.32. The predicted octanol–water partition coefficient (Wildman–Crippen LogP) is 3.48. The fraction of sp³-hybridized carbons (Fsp3) is 0.0952. The number of hydrogen-bond acceptors (Lipinski definition) is 7. The number of nitrogens with zero attached hydrogens (tertiary/aromatic N) is 3. The fourth-order valence-electron chi connectivity index (χ4n) is 2.87. The normalized spacial score (nSPS) is 15.1. The van der Waals surface area contributed by atoms with Crippen LogP contribution in [0.5, 0.6) is 5.75 Å². The van der Waals surface area contributed by atoms with Gasteiger partial charge in [-0.3, -0.25) is 24.5 Å². The molecule has 1 N–H and O–H groups in total. The van der Waals surface area contributed by atoms with E-state index in [4.69, 9.17) is 17.0 Å². The van der Waals surface area contributed by atoms with E-state index in [2.05, 4.69) is 15.3 Å². The molecule has 2 heterocycles. The number of thioether (sulfide) groups is 1. The number of fused-ring (bicyclic) bond motifs is 1. The third kappa shape index (κ3) is 4.32. The number of aromatic nitrogens is 2. The average Bonchev–Trinajstić information content (AvgIpc) is 3.01. The highest BCUT2D eigenvalue weighted by molar-refractivity contribution is 8.26. The zero-order valence-corrected chi connectivity index (χ0v) is 17.5. The molecular weight excluding hydrogens is 420 g/mol. The summed E-state index contributed by atoms with van der Waals surface area (Å²) in [4.78, 5) is 35.4. The van der Waals surface area contributed by atoms with Crippen molar-refractivity contribution < 1.29 is 14.3 Å². The van der Waals surface area contributed by atoms with Crippen molar-refractivity contribution in [3.8, 4) is 5.75 Å². The number of ether oxygens (including phenoxy) is 1. The molecule has 30 heavy (non-hydrogen) atoms. The molecule has 150 valence electrons. The molecule has 1 aromatic heterocycles. The van der Waals surface area contributed by atoms with Gasteiger partial charge in [-0.2, -0.15) is 0 Å². The van der Waals surface area contributed by atoms with Gasteiger partial charge in [-0.05, 0) is 42.0 Å². The second-order valence-corrected chi connectivity index (χ2v) is 8.02. The van der Waals surface area contributed by atoms with Crippen LogP contribution in [-0.4, -0.2) is 44.7 Å². The highest BCUT2D eigenvalue weighted by atomic mass is 32.2. The molecule has 0 saturated carbocycles. The lowest BCUT2D eigenvalue weighted by Gasteiger charge is -2.14. The Labute approximate surface area is 182 Å². The van der Waals surface area contributed by atoms with Crippen LogP contribution in [0, 0.1) is 0 Å². The van der Waals surface area contributed by atoms with Crippen molar-refractivity contribution >= 4 is 62.9 Å². The lowest BCUT2D eigenvalue weighted by atomic mass is 10.2. The van der Waals surface area contributed by atoms with Gasteiger partial charge in [0.2, 0.25) is 5.91 Å². The van der Waals surface area contributed by atoms with Crippen LogP contribution in [0.4, 0.5) is 5.69 Å². The molecule has 7 nitrogen and oxygen atoms in total. The van der Waals surface area contributed by atoms with E-state index in [1.54, 1.807) is 43.8 Å². The topological polar surface area (TPSA) is 84.4 Å². The number of hydrogen-bond donors (Lipinski definition) is 1. The molecule has 4 rings (SSSR count). The highest BCUT2D eigenvalue weighted by Gasteiger charge is 2.33. The van der Waals surface area contributed by atoms with Gasteiger partial charge in [0.25, 0.3) is 5.91 Å². The lowest BCUT2D eigenvalue weighted by Crippen LogP contribution is -2.36. The number of thiocarbonyl (C=S) groups is 1. The van der Waals surface area contributed by atoms with E-state index in [9.17, 15) is 9.59 Å². The van der Waals surface area contributed by atoms with Crippen molar-refractivity contribution in [2.75, 3.05) is 19.0 Å². The minimum Gasteiger partial charge on any atom is -0.497 e. The summed E-state index contributed by atoms with van der Waals surface area (Å²) in [5, 5.41) is 2.78. The van der Waals surface area contributed by atoms with Gasteiger partial charge in [0, 0.05) is 18.1 Å². The molecule has 0 bridgehead atoms. The first-order valence-electron chi connectivity index (χ1n) is 8.93. The first-order chi connectivity index (χ1) is 14.5. The number of methoxy groups -OCH3 is 1. The Bertz CT molecular complexity index is 1180. The van der Waals surface area contributed by atoms with E-state index in [0.717, 1.165) is 16.8 Å². The zero-order chi connectivity index (χ0) is 21.1. The van der Waals surface area contributed by atoms with Gasteiger partial charge in [0.15, 0.2) is 0 Å². The molecular formula is C21H16N4O3S2. The summed E-state index contributed by atoms with van der Waals surface area (Å²) in [5.41, 5.74) is 2.82. The maximum atomic E-state index is 12.7. The maximum Gasteiger partial charge on any atom is 0.266 e. The molecule has 0 spiro atoms. The summed E-state index contributed by atoms with van der Waals surface area (Å²) >= 11 is 6.48. The molecule has 1 saturated heterocycles. The third-order valence-electron chi connectivity index (χ3n) is 4.34. The number of nitrogens with one attached hydrogen (secondary N) is 1. The smallest absolute Gasteiger partial charge is 0.266 e. The van der Waals surface area contributed by atoms with Crippen molar-refractivity contribution in [1.29, 1.82) is 0 Å². The van der Waals surface area contributed by atoms with E-state index in [1.807, 2.05) is 24.3 Å². The van der Waals surface area contributed by atoms with Gasteiger partial charge >= 0.3 is 0 Å². The van der Waals surface area contributed by atoms with Gasteiger partial charge in [-0.15, -0.1) is 0 Å². The number of carbonyl (C=O) groups is 2. The van der Waals surface area contributed by atoms with Crippen LogP contribution in [0.1, 0.15) is 5.56 Å². The second-order valence-electron chi connectivity index (χ2n) is 6.35.